The average Bonchev–Trinajstić information content (AvgIpc) is 3.08. The van der Waals surface area contributed by atoms with Crippen LogP contribution in [0.1, 0.15) is 38.1 Å². The quantitative estimate of drug-likeness (QED) is 0.898. The van der Waals surface area contributed by atoms with Gasteiger partial charge in [0.1, 0.15) is 11.7 Å². The van der Waals surface area contributed by atoms with Gasteiger partial charge in [-0.3, -0.25) is 10.1 Å². The van der Waals surface area contributed by atoms with Crippen LogP contribution in [-0.4, -0.2) is 33.6 Å². The number of hydrogen-bond acceptors (Lipinski definition) is 4. The fraction of sp³-hybridized carbons (Fsp3) is 0.400. The van der Waals surface area contributed by atoms with Gasteiger partial charge in [0.25, 0.3) is 0 Å². The van der Waals surface area contributed by atoms with E-state index in [9.17, 15) is 0 Å². The van der Waals surface area contributed by atoms with Crippen molar-refractivity contribution in [3.8, 4) is 11.4 Å². The van der Waals surface area contributed by atoms with E-state index < -0.39 is 0 Å². The lowest BCUT2D eigenvalue weighted by Crippen LogP contribution is -2.27. The molecule has 0 saturated carbocycles. The molecule has 5 heteroatoms. The summed E-state index contributed by atoms with van der Waals surface area (Å²) in [7, 11) is 0. The molecule has 5 nitrogen and oxygen atoms in total. The number of benzene rings is 1. The Bertz CT molecular complexity index is 624. The Morgan fingerprint density at radius 3 is 2.40 bits per heavy atom. The van der Waals surface area contributed by atoms with Gasteiger partial charge < -0.3 is 5.32 Å². The number of aromatic nitrogens is 3. The Balaban J connectivity index is 1.82. The van der Waals surface area contributed by atoms with Gasteiger partial charge in [-0.15, -0.1) is 0 Å². The zero-order valence-electron chi connectivity index (χ0n) is 12.0. The molecule has 1 aliphatic heterocycles. The summed E-state index contributed by atoms with van der Waals surface area (Å²) in [5.41, 5.74) is 2.13. The Kier molecular flexibility index (Phi) is 3.26. The number of H-pyrrole nitrogens is 1. The van der Waals surface area contributed by atoms with Gasteiger partial charge >= 0.3 is 0 Å². The molecule has 0 amide bonds. The third-order valence-electron chi connectivity index (χ3n) is 3.37. The molecule has 2 N–H and O–H groups in total. The van der Waals surface area contributed by atoms with E-state index in [2.05, 4.69) is 58.4 Å². The second-order valence-corrected chi connectivity index (χ2v) is 5.51. The normalized spacial score (nSPS) is 18.2. The highest BCUT2D eigenvalue weighted by Crippen LogP contribution is 2.18. The van der Waals surface area contributed by atoms with Crippen LogP contribution in [0, 0.1) is 0 Å². The monoisotopic (exact) mass is 269 g/mol. The molecule has 0 saturated heterocycles. The highest BCUT2D eigenvalue weighted by atomic mass is 15.2. The molecule has 0 radical (unpaired) electrons. The summed E-state index contributed by atoms with van der Waals surface area (Å²) in [4.78, 5) is 8.99. The predicted molar refractivity (Wildman–Crippen MR) is 79.9 cm³/mol. The second kappa shape index (κ2) is 5.07. The van der Waals surface area contributed by atoms with Gasteiger partial charge in [0, 0.05) is 23.1 Å². The Morgan fingerprint density at radius 2 is 1.85 bits per heavy atom. The van der Waals surface area contributed by atoms with Crippen molar-refractivity contribution >= 4 is 5.84 Å². The van der Waals surface area contributed by atoms with E-state index in [1.165, 1.54) is 0 Å². The molecule has 0 aliphatic carbocycles. The molecule has 20 heavy (non-hydrogen) atoms. The van der Waals surface area contributed by atoms with Gasteiger partial charge in [-0.2, -0.15) is 5.10 Å². The molecule has 1 atom stereocenters. The van der Waals surface area contributed by atoms with Crippen molar-refractivity contribution in [3.63, 3.8) is 0 Å². The maximum atomic E-state index is 4.51. The first-order chi connectivity index (χ1) is 9.63. The van der Waals surface area contributed by atoms with Crippen LogP contribution >= 0.6 is 0 Å². The molecular formula is C15H19N5. The first-order valence-electron chi connectivity index (χ1n) is 6.97. The summed E-state index contributed by atoms with van der Waals surface area (Å²) >= 11 is 0. The first-order valence-corrected chi connectivity index (χ1v) is 6.97. The number of amidine groups is 1. The van der Waals surface area contributed by atoms with E-state index in [1.807, 2.05) is 12.1 Å². The van der Waals surface area contributed by atoms with E-state index in [4.69, 9.17) is 0 Å². The van der Waals surface area contributed by atoms with E-state index in [1.54, 1.807) is 0 Å². The van der Waals surface area contributed by atoms with Crippen molar-refractivity contribution in [2.45, 2.75) is 32.7 Å². The van der Waals surface area contributed by atoms with E-state index in [0.29, 0.717) is 12.0 Å². The summed E-state index contributed by atoms with van der Waals surface area (Å²) in [6.07, 6.45) is 0. The van der Waals surface area contributed by atoms with Crippen molar-refractivity contribution in [2.75, 3.05) is 6.54 Å². The first kappa shape index (κ1) is 12.8. The zero-order valence-corrected chi connectivity index (χ0v) is 12.0. The molecule has 3 rings (SSSR count). The van der Waals surface area contributed by atoms with Gasteiger partial charge in [-0.1, -0.05) is 38.1 Å². The third kappa shape index (κ3) is 2.43. The highest BCUT2D eigenvalue weighted by Gasteiger charge is 2.14. The number of aliphatic imine (C=N–C) groups is 1. The lowest BCUT2D eigenvalue weighted by Gasteiger charge is -2.06. The van der Waals surface area contributed by atoms with Crippen LogP contribution in [0.15, 0.2) is 29.3 Å². The number of rotatable bonds is 3. The Labute approximate surface area is 118 Å². The molecule has 1 aliphatic rings. The maximum Gasteiger partial charge on any atom is 0.181 e. The van der Waals surface area contributed by atoms with Crippen molar-refractivity contribution in [1.82, 2.24) is 20.5 Å². The van der Waals surface area contributed by atoms with E-state index in [0.717, 1.165) is 35.2 Å². The maximum absolute atomic E-state index is 4.51. The number of aromatic amines is 1. The number of nitrogens with zero attached hydrogens (tertiary/aromatic N) is 3. The van der Waals surface area contributed by atoms with Gasteiger partial charge in [0.15, 0.2) is 5.82 Å². The molecule has 2 heterocycles. The zero-order chi connectivity index (χ0) is 14.1. The largest absolute Gasteiger partial charge is 0.366 e. The minimum absolute atomic E-state index is 0.356. The topological polar surface area (TPSA) is 66.0 Å². The highest BCUT2D eigenvalue weighted by molar-refractivity contribution is 6.00. The molecule has 0 spiro atoms. The van der Waals surface area contributed by atoms with Crippen LogP contribution in [0.2, 0.25) is 0 Å². The van der Waals surface area contributed by atoms with Gasteiger partial charge in [0.2, 0.25) is 0 Å². The van der Waals surface area contributed by atoms with E-state index in [-0.39, 0.29) is 0 Å². The molecule has 1 aromatic heterocycles. The van der Waals surface area contributed by atoms with Crippen LogP contribution < -0.4 is 5.32 Å². The smallest absolute Gasteiger partial charge is 0.181 e. The molecular weight excluding hydrogens is 250 g/mol. The summed E-state index contributed by atoms with van der Waals surface area (Å²) in [5.74, 6) is 2.99. The minimum atomic E-state index is 0.356. The Morgan fingerprint density at radius 1 is 1.15 bits per heavy atom. The standard InChI is InChI=1S/C15H19N5/c1-9(2)13-18-15(20-19-13)12-6-4-11(5-7-12)14-16-8-10(3)17-14/h4-7,9-10H,8H2,1-3H3,(H,16,17)(H,18,19,20). The second-order valence-electron chi connectivity index (χ2n) is 5.51. The average molecular weight is 269 g/mol. The van der Waals surface area contributed by atoms with Crippen LogP contribution in [-0.2, 0) is 0 Å². The number of hydrogen-bond donors (Lipinski definition) is 2. The lowest BCUT2D eigenvalue weighted by molar-refractivity contribution is 0.726. The molecule has 0 fully saturated rings. The van der Waals surface area contributed by atoms with Crippen LogP contribution in [0.4, 0.5) is 0 Å². The van der Waals surface area contributed by atoms with Crippen molar-refractivity contribution < 1.29 is 0 Å². The summed E-state index contributed by atoms with van der Waals surface area (Å²) in [6, 6.07) is 8.62. The van der Waals surface area contributed by atoms with E-state index >= 15 is 0 Å². The van der Waals surface area contributed by atoms with Crippen LogP contribution in [0.25, 0.3) is 11.4 Å². The summed E-state index contributed by atoms with van der Waals surface area (Å²) in [5, 5.41) is 10.6. The Hall–Kier alpha value is -2.17. The predicted octanol–water partition coefficient (Wildman–Crippen LogP) is 2.33. The lowest BCUT2D eigenvalue weighted by atomic mass is 10.1. The number of nitrogens with one attached hydrogen (secondary N) is 2. The van der Waals surface area contributed by atoms with Crippen molar-refractivity contribution in [1.29, 1.82) is 0 Å². The van der Waals surface area contributed by atoms with Crippen molar-refractivity contribution in [3.05, 3.63) is 35.7 Å². The van der Waals surface area contributed by atoms with Gasteiger partial charge in [0.05, 0.1) is 6.54 Å². The molecule has 1 unspecified atom stereocenters. The minimum Gasteiger partial charge on any atom is -0.366 e. The summed E-state index contributed by atoms with van der Waals surface area (Å²) < 4.78 is 0. The molecule has 2 aromatic rings. The molecule has 1 aromatic carbocycles. The fourth-order valence-electron chi connectivity index (χ4n) is 2.17. The van der Waals surface area contributed by atoms with Gasteiger partial charge in [-0.25, -0.2) is 4.98 Å². The third-order valence-corrected chi connectivity index (χ3v) is 3.37. The SMILES string of the molecule is CC1CN=C(c2ccc(-c3n[nH]c(C(C)C)n3)cc2)N1. The fourth-order valence-corrected chi connectivity index (χ4v) is 2.17. The molecule has 0 bridgehead atoms. The molecule has 104 valence electrons. The summed E-state index contributed by atoms with van der Waals surface area (Å²) in [6.45, 7) is 7.17. The van der Waals surface area contributed by atoms with Gasteiger partial charge in [-0.05, 0) is 6.92 Å². The van der Waals surface area contributed by atoms with Crippen molar-refractivity contribution in [2.24, 2.45) is 4.99 Å². The van der Waals surface area contributed by atoms with Crippen LogP contribution in [0.5, 0.6) is 0 Å². The van der Waals surface area contributed by atoms with Crippen LogP contribution in [0.3, 0.4) is 0 Å².